The number of nitrogens with one attached hydrogen (secondary N) is 2. The molecule has 0 saturated heterocycles. The summed E-state index contributed by atoms with van der Waals surface area (Å²) in [5.41, 5.74) is 0. The summed E-state index contributed by atoms with van der Waals surface area (Å²) in [5.74, 6) is 0.0580. The molecule has 0 atom stereocenters. The number of rotatable bonds is 5. The van der Waals surface area contributed by atoms with Crippen LogP contribution in [0.5, 0.6) is 0 Å². The Labute approximate surface area is 75.3 Å². The average Bonchev–Trinajstić information content (AvgIpc) is 1.96. The summed E-state index contributed by atoms with van der Waals surface area (Å²) in [4.78, 5) is 13.4. The second kappa shape index (κ2) is 10.1. The van der Waals surface area contributed by atoms with Crippen LogP contribution in [0.4, 0.5) is 0 Å². The molecule has 0 aliphatic heterocycles. The Bertz CT molecular complexity index is 132. The van der Waals surface area contributed by atoms with Crippen molar-refractivity contribution >= 4 is 12.1 Å². The fourth-order valence-corrected chi connectivity index (χ4v) is 0.780. The van der Waals surface area contributed by atoms with Crippen LogP contribution in [0.25, 0.3) is 0 Å². The topological polar surface area (TPSA) is 43.1 Å². The van der Waals surface area contributed by atoms with Gasteiger partial charge < -0.3 is 5.32 Å². The first-order chi connectivity index (χ1) is 5.27. The summed E-state index contributed by atoms with van der Waals surface area (Å²) in [6, 6.07) is 0. The van der Waals surface area contributed by atoms with Gasteiger partial charge in [0.05, 0.1) is 0 Å². The van der Waals surface area contributed by atoms with Gasteiger partial charge in [0.15, 0.2) is 0 Å². The van der Waals surface area contributed by atoms with E-state index in [0.717, 1.165) is 25.8 Å². The van der Waals surface area contributed by atoms with E-state index < -0.39 is 0 Å². The van der Waals surface area contributed by atoms with Crippen molar-refractivity contribution in [1.82, 2.24) is 5.32 Å². The largest absolute Gasteiger partial charge is 0.356 e. The van der Waals surface area contributed by atoms with E-state index in [2.05, 4.69) is 10.3 Å². The Morgan fingerprint density at radius 1 is 1.50 bits per heavy atom. The molecule has 0 spiro atoms. The maximum absolute atomic E-state index is 10.4. The van der Waals surface area contributed by atoms with Gasteiger partial charge in [0.2, 0.25) is 5.91 Å². The van der Waals surface area contributed by atoms with Crippen LogP contribution in [0, 0.1) is 0 Å². The molecular weight excluding hydrogens is 155 g/mol. The van der Waals surface area contributed by atoms with Crippen molar-refractivity contribution in [2.75, 3.05) is 13.6 Å². The van der Waals surface area contributed by atoms with Crippen LogP contribution in [-0.4, -0.2) is 25.7 Å². The maximum atomic E-state index is 10.4. The quantitative estimate of drug-likeness (QED) is 0.337. The highest BCUT2D eigenvalue weighted by atomic mass is 16.2. The van der Waals surface area contributed by atoms with Crippen LogP contribution < -0.4 is 10.3 Å². The third kappa shape index (κ3) is 11.9. The van der Waals surface area contributed by atoms with Gasteiger partial charge in [-0.15, -0.1) is 0 Å². The van der Waals surface area contributed by atoms with Crippen molar-refractivity contribution in [1.29, 1.82) is 0 Å². The second-order valence-corrected chi connectivity index (χ2v) is 2.47. The molecule has 0 saturated carbocycles. The van der Waals surface area contributed by atoms with Gasteiger partial charge in [0, 0.05) is 19.9 Å². The van der Waals surface area contributed by atoms with Gasteiger partial charge in [-0.1, -0.05) is 7.43 Å². The molecule has 2 N–H and O–H groups in total. The Morgan fingerprint density at radius 3 is 2.67 bits per heavy atom. The Kier molecular flexibility index (Phi) is 11.6. The van der Waals surface area contributed by atoms with Gasteiger partial charge in [-0.3, -0.25) is 9.79 Å². The van der Waals surface area contributed by atoms with Crippen molar-refractivity contribution in [3.05, 3.63) is 0 Å². The molecule has 0 aromatic carbocycles. The molecule has 0 fully saturated rings. The van der Waals surface area contributed by atoms with Gasteiger partial charge in [0.1, 0.15) is 13.3 Å². The molecule has 12 heavy (non-hydrogen) atoms. The molecule has 0 heterocycles. The predicted molar refractivity (Wildman–Crippen MR) is 52.2 cm³/mol. The molecule has 0 unspecified atom stereocenters. The summed E-state index contributed by atoms with van der Waals surface area (Å²) < 4.78 is 0. The van der Waals surface area contributed by atoms with Gasteiger partial charge in [-0.05, 0) is 12.8 Å². The molecule has 0 aliphatic carbocycles. The lowest BCUT2D eigenvalue weighted by Crippen LogP contribution is -2.62. The third-order valence-electron chi connectivity index (χ3n) is 1.35. The molecule has 1 amide bonds. The highest BCUT2D eigenvalue weighted by Crippen LogP contribution is 1.88. The minimum atomic E-state index is 0. The molecule has 0 rings (SSSR count). The smallest absolute Gasteiger partial charge is 0.216 e. The van der Waals surface area contributed by atoms with E-state index in [1.54, 1.807) is 6.92 Å². The zero-order chi connectivity index (χ0) is 8.53. The van der Waals surface area contributed by atoms with Crippen LogP contribution in [0.3, 0.4) is 0 Å². The van der Waals surface area contributed by atoms with E-state index in [-0.39, 0.29) is 13.3 Å². The Morgan fingerprint density at radius 2 is 2.17 bits per heavy atom. The van der Waals surface area contributed by atoms with Crippen molar-refractivity contribution in [2.45, 2.75) is 33.6 Å². The van der Waals surface area contributed by atoms with Gasteiger partial charge in [0.25, 0.3) is 0 Å². The highest BCUT2D eigenvalue weighted by Gasteiger charge is 1.90. The monoisotopic (exact) mass is 176 g/mol. The van der Waals surface area contributed by atoms with E-state index in [1.807, 2.05) is 13.3 Å². The van der Waals surface area contributed by atoms with Crippen LogP contribution in [0.2, 0.25) is 0 Å². The summed E-state index contributed by atoms with van der Waals surface area (Å²) in [6.07, 6.45) is 5.27. The average molecular weight is 176 g/mol. The molecule has 0 bridgehead atoms. The molecule has 0 aliphatic rings. The summed E-state index contributed by atoms with van der Waals surface area (Å²) in [6.45, 7) is 2.34. The molecule has 72 valence electrons. The first-order valence-electron chi connectivity index (χ1n) is 4.00. The lowest BCUT2D eigenvalue weighted by molar-refractivity contribution is -0.415. The van der Waals surface area contributed by atoms with Crippen LogP contribution in [0.15, 0.2) is 0 Å². The summed E-state index contributed by atoms with van der Waals surface area (Å²) in [7, 11) is 1.90. The first kappa shape index (κ1) is 13.7. The zero-order valence-electron chi connectivity index (χ0n) is 7.31. The number of unbranched alkanes of at least 4 members (excludes halogenated alkanes) is 2. The fourth-order valence-electron chi connectivity index (χ4n) is 0.780. The van der Waals surface area contributed by atoms with Crippen LogP contribution in [-0.2, 0) is 4.79 Å². The number of hydrogen-bond acceptors (Lipinski definition) is 1. The van der Waals surface area contributed by atoms with Gasteiger partial charge >= 0.3 is 0 Å². The van der Waals surface area contributed by atoms with Crippen molar-refractivity contribution in [2.24, 2.45) is 0 Å². The highest BCUT2D eigenvalue weighted by molar-refractivity contribution is 5.72. The third-order valence-corrected chi connectivity index (χ3v) is 1.35. The Hall–Kier alpha value is -0.860. The molecule has 0 radical (unpaired) electrons. The van der Waals surface area contributed by atoms with E-state index in [1.165, 1.54) is 0 Å². The van der Waals surface area contributed by atoms with Gasteiger partial charge in [-0.2, -0.15) is 0 Å². The maximum Gasteiger partial charge on any atom is 0.216 e. The lowest BCUT2D eigenvalue weighted by Gasteiger charge is -1.98. The van der Waals surface area contributed by atoms with Crippen molar-refractivity contribution in [3.8, 4) is 0 Å². The Balaban J connectivity index is 0. The first-order valence-corrected chi connectivity index (χ1v) is 4.00. The minimum absolute atomic E-state index is 0. The van der Waals surface area contributed by atoms with Crippen molar-refractivity contribution in [3.63, 3.8) is 0 Å². The zero-order valence-corrected chi connectivity index (χ0v) is 7.31. The van der Waals surface area contributed by atoms with E-state index in [4.69, 9.17) is 0 Å². The standard InChI is InChI=1S/C8H16N2O.CH4/c1-8(11)10-7-5-3-4-6-9-2;/h6H,3-5,7H2,1-2H3,(H,10,11);1H4/p+1/i1+1,2+1;1+1. The van der Waals surface area contributed by atoms with Crippen LogP contribution >= 0.6 is 0 Å². The van der Waals surface area contributed by atoms with Gasteiger partial charge in [-0.25, -0.2) is 0 Å². The fraction of sp³-hybridized carbons (Fsp3) is 0.778. The summed E-state index contributed by atoms with van der Waals surface area (Å²) >= 11 is 0. The number of carbonyl (C=O) groups excluding carboxylic acids is 1. The van der Waals surface area contributed by atoms with E-state index in [9.17, 15) is 4.79 Å². The normalized spacial score (nSPS) is 9.50. The van der Waals surface area contributed by atoms with Crippen molar-refractivity contribution < 1.29 is 9.79 Å². The molecule has 0 aromatic heterocycles. The number of hydrogen-bond donors (Lipinski definition) is 2. The number of carbonyl (C=O) groups is 1. The lowest BCUT2D eigenvalue weighted by atomic mass is 10.2. The van der Waals surface area contributed by atoms with E-state index in [0.29, 0.717) is 0 Å². The minimum Gasteiger partial charge on any atom is -0.356 e. The number of amides is 1. The predicted octanol–water partition coefficient (Wildman–Crippen LogP) is -0.290. The molecule has 3 heteroatoms. The second-order valence-electron chi connectivity index (χ2n) is 2.47. The SMILES string of the molecule is [13CH3][NH+]=CCCCCNC([13CH3])=O.[13CH4]. The van der Waals surface area contributed by atoms with Crippen LogP contribution in [0.1, 0.15) is 33.6 Å². The molecule has 0 aromatic rings. The van der Waals surface area contributed by atoms with E-state index >= 15 is 0 Å². The molecular formula is C9H21N2O+. The summed E-state index contributed by atoms with van der Waals surface area (Å²) in [5, 5.41) is 2.75. The molecule has 3 nitrogen and oxygen atoms in total.